The van der Waals surface area contributed by atoms with Crippen molar-refractivity contribution in [3.8, 4) is 0 Å². The third-order valence-corrected chi connectivity index (χ3v) is 9.18. The van der Waals surface area contributed by atoms with E-state index in [0.717, 1.165) is 25.7 Å². The molecule has 2 unspecified atom stereocenters. The predicted octanol–water partition coefficient (Wildman–Crippen LogP) is 12.6. The molecule has 270 valence electrons. The Kier molecular flexibility index (Phi) is 51.8. The minimum Gasteiger partial charge on any atom is -0.566 e. The van der Waals surface area contributed by atoms with Gasteiger partial charge in [0.2, 0.25) is 0 Å². The first-order valence-corrected chi connectivity index (χ1v) is 21.3. The van der Waals surface area contributed by atoms with Crippen molar-refractivity contribution in [1.82, 2.24) is 0 Å². The fraction of sp³-hybridized carbons (Fsp3) is 1.00. The summed E-state index contributed by atoms with van der Waals surface area (Å²) in [6.07, 6.45) is 42.5. The van der Waals surface area contributed by atoms with Gasteiger partial charge in [0.15, 0.2) is 0 Å². The molecule has 0 aromatic carbocycles. The van der Waals surface area contributed by atoms with Crippen molar-refractivity contribution in [3.63, 3.8) is 0 Å². The van der Waals surface area contributed by atoms with Crippen molar-refractivity contribution in [2.75, 3.05) is 13.2 Å². The van der Waals surface area contributed by atoms with Crippen molar-refractivity contribution in [2.45, 2.75) is 219 Å². The second-order valence-electron chi connectivity index (χ2n) is 12.7. The van der Waals surface area contributed by atoms with E-state index in [-0.39, 0.29) is 17.1 Å². The maximum Gasteiger partial charge on any atom is 2.00 e. The normalized spacial score (nSPS) is 11.6. The zero-order valence-corrected chi connectivity index (χ0v) is 32.6. The molecule has 0 aliphatic carbocycles. The van der Waals surface area contributed by atoms with Gasteiger partial charge in [0, 0.05) is 0 Å². The van der Waals surface area contributed by atoms with Crippen LogP contribution in [-0.4, -0.2) is 13.2 Å². The van der Waals surface area contributed by atoms with Crippen LogP contribution >= 0.6 is 16.5 Å². The quantitative estimate of drug-likeness (QED) is 0.0363. The third-order valence-electron chi connectivity index (χ3n) is 8.39. The van der Waals surface area contributed by atoms with Crippen LogP contribution in [0.3, 0.4) is 0 Å². The summed E-state index contributed by atoms with van der Waals surface area (Å²) in [4.78, 5) is 20.3. The molecule has 0 bridgehead atoms. The first-order valence-electron chi connectivity index (χ1n) is 19.1. The van der Waals surface area contributed by atoms with E-state index in [9.17, 15) is 18.9 Å². The van der Waals surface area contributed by atoms with Gasteiger partial charge in [-0.3, -0.25) is 0 Å². The monoisotopic (exact) mass is 720 g/mol. The molecule has 0 saturated carbocycles. The zero-order chi connectivity index (χ0) is 32.6. The molecule has 45 heavy (non-hydrogen) atoms. The Morgan fingerprint density at radius 3 is 0.644 bits per heavy atom. The summed E-state index contributed by atoms with van der Waals surface area (Å²) in [5.41, 5.74) is 0. The molecule has 0 aliphatic rings. The van der Waals surface area contributed by atoms with Crippen molar-refractivity contribution in [2.24, 2.45) is 0 Å². The van der Waals surface area contributed by atoms with Crippen LogP contribution in [0, 0.1) is 0 Å². The van der Waals surface area contributed by atoms with E-state index >= 15 is 0 Å². The number of hydrogen-bond acceptors (Lipinski definition) is 6. The number of rotatable bonds is 36. The van der Waals surface area contributed by atoms with Crippen LogP contribution in [0.4, 0.5) is 0 Å². The molecule has 0 saturated heterocycles. The molecule has 0 aromatic rings. The Hall–Kier alpha value is 0.559. The second kappa shape index (κ2) is 46.7. The Bertz CT molecular complexity index is 524. The van der Waals surface area contributed by atoms with E-state index in [4.69, 9.17) is 0 Å². The SMILES string of the molecule is CCCCCCCCCCCCCCCCCCO[P+](=O)[O-].CCCCCCCCCCCCCCCCCCO[P+](=O)[O-].[Fe+2]. The van der Waals surface area contributed by atoms with Gasteiger partial charge in [-0.15, -0.1) is 9.05 Å². The molecule has 9 heteroatoms. The molecule has 0 amide bonds. The van der Waals surface area contributed by atoms with Crippen LogP contribution in [0.25, 0.3) is 0 Å². The fourth-order valence-corrected chi connectivity index (χ4v) is 6.13. The Morgan fingerprint density at radius 2 is 0.489 bits per heavy atom. The van der Waals surface area contributed by atoms with Crippen LogP contribution in [0.15, 0.2) is 0 Å². The molecule has 0 aromatic heterocycles. The topological polar surface area (TPSA) is 98.7 Å². The van der Waals surface area contributed by atoms with Crippen molar-refractivity contribution in [1.29, 1.82) is 0 Å². The van der Waals surface area contributed by atoms with E-state index in [1.807, 2.05) is 0 Å². The average molecular weight is 721 g/mol. The van der Waals surface area contributed by atoms with Crippen molar-refractivity contribution >= 4 is 16.5 Å². The smallest absolute Gasteiger partial charge is 0.566 e. The van der Waals surface area contributed by atoms with Gasteiger partial charge in [0.1, 0.15) is 13.2 Å². The summed E-state index contributed by atoms with van der Waals surface area (Å²) in [6.45, 7) is 5.26. The minimum atomic E-state index is -2.64. The molecule has 0 rings (SSSR count). The van der Waals surface area contributed by atoms with E-state index < -0.39 is 16.5 Å². The van der Waals surface area contributed by atoms with Gasteiger partial charge in [0.05, 0.1) is 0 Å². The summed E-state index contributed by atoms with van der Waals surface area (Å²) < 4.78 is 29.4. The first-order chi connectivity index (χ1) is 21.5. The molecule has 0 heterocycles. The van der Waals surface area contributed by atoms with Crippen LogP contribution in [0.2, 0.25) is 0 Å². The molecule has 0 N–H and O–H groups in total. The van der Waals surface area contributed by atoms with E-state index in [2.05, 4.69) is 22.9 Å². The third kappa shape index (κ3) is 54.3. The van der Waals surface area contributed by atoms with E-state index in [1.54, 1.807) is 0 Å². The second-order valence-corrected chi connectivity index (χ2v) is 14.1. The average Bonchev–Trinajstić information content (AvgIpc) is 3.00. The maximum atomic E-state index is 10.2. The molecule has 0 aliphatic heterocycles. The largest absolute Gasteiger partial charge is 2.00 e. The van der Waals surface area contributed by atoms with Crippen molar-refractivity contribution in [3.05, 3.63) is 0 Å². The van der Waals surface area contributed by atoms with Crippen molar-refractivity contribution < 1.29 is 45.0 Å². The first kappa shape index (κ1) is 49.9. The molecule has 0 fully saturated rings. The van der Waals surface area contributed by atoms with E-state index in [1.165, 1.54) is 180 Å². The summed E-state index contributed by atoms with van der Waals surface area (Å²) in [7, 11) is -5.29. The van der Waals surface area contributed by atoms with Crippen LogP contribution < -0.4 is 9.79 Å². The Balaban J connectivity index is -0.000000767. The molecule has 2 atom stereocenters. The van der Waals surface area contributed by atoms with Crippen LogP contribution in [-0.2, 0) is 35.2 Å². The predicted molar refractivity (Wildman–Crippen MR) is 186 cm³/mol. The Labute approximate surface area is 293 Å². The van der Waals surface area contributed by atoms with Crippen LogP contribution in [0.5, 0.6) is 0 Å². The van der Waals surface area contributed by atoms with Gasteiger partial charge >= 0.3 is 33.6 Å². The molecular formula is C36H74FeO6P2+2. The molecule has 0 radical (unpaired) electrons. The standard InChI is InChI=1S/2C18H37O3P.Fe/c2*1-2-3-4-5-6-7-8-9-10-11-12-13-14-15-16-17-18-21-22(19)20;/h2*2-18H2,1H3;/q;;+2. The number of unbranched alkanes of at least 4 members (excludes halogenated alkanes) is 30. The summed E-state index contributed by atoms with van der Waals surface area (Å²) in [6, 6.07) is 0. The van der Waals surface area contributed by atoms with Crippen LogP contribution in [0.1, 0.15) is 219 Å². The van der Waals surface area contributed by atoms with E-state index in [0.29, 0.717) is 13.2 Å². The summed E-state index contributed by atoms with van der Waals surface area (Å²) in [5.74, 6) is 0. The summed E-state index contributed by atoms with van der Waals surface area (Å²) >= 11 is 0. The number of hydrogen-bond donors (Lipinski definition) is 0. The molecular weight excluding hydrogens is 646 g/mol. The van der Waals surface area contributed by atoms with Gasteiger partial charge in [-0.1, -0.05) is 206 Å². The van der Waals surface area contributed by atoms with Gasteiger partial charge in [-0.25, -0.2) is 0 Å². The van der Waals surface area contributed by atoms with Gasteiger partial charge in [-0.2, -0.15) is 0 Å². The van der Waals surface area contributed by atoms with Gasteiger partial charge in [0.25, 0.3) is 0 Å². The molecule has 6 nitrogen and oxygen atoms in total. The zero-order valence-electron chi connectivity index (χ0n) is 29.7. The minimum absolute atomic E-state index is 0. The molecule has 0 spiro atoms. The van der Waals surface area contributed by atoms with Gasteiger partial charge in [-0.05, 0) is 22.0 Å². The Morgan fingerprint density at radius 1 is 0.333 bits per heavy atom. The fourth-order valence-electron chi connectivity index (χ4n) is 5.58. The van der Waals surface area contributed by atoms with Gasteiger partial charge < -0.3 is 9.79 Å². The maximum absolute atomic E-state index is 10.2. The summed E-state index contributed by atoms with van der Waals surface area (Å²) in [5, 5.41) is 0.